The second-order valence-electron chi connectivity index (χ2n) is 8.40. The van der Waals surface area contributed by atoms with Crippen LogP contribution in [0.5, 0.6) is 11.5 Å². The molecule has 34 heavy (non-hydrogen) atoms. The fourth-order valence-electron chi connectivity index (χ4n) is 4.51. The summed E-state index contributed by atoms with van der Waals surface area (Å²) in [6.45, 7) is 2.72. The maximum atomic E-state index is 13.2. The van der Waals surface area contributed by atoms with E-state index in [1.54, 1.807) is 37.3 Å². The summed E-state index contributed by atoms with van der Waals surface area (Å²) >= 11 is 0. The number of carbonyl (C=O) groups excluding carboxylic acids is 1. The van der Waals surface area contributed by atoms with E-state index in [4.69, 9.17) is 18.9 Å². The van der Waals surface area contributed by atoms with Gasteiger partial charge in [0, 0.05) is 12.6 Å². The second-order valence-corrected chi connectivity index (χ2v) is 8.40. The Bertz CT molecular complexity index is 1350. The molecular weight excluding hydrogens is 430 g/mol. The minimum Gasteiger partial charge on any atom is -0.497 e. The summed E-state index contributed by atoms with van der Waals surface area (Å²) in [6, 6.07) is 19.2. The Kier molecular flexibility index (Phi) is 5.84. The van der Waals surface area contributed by atoms with Crippen molar-refractivity contribution in [1.82, 2.24) is 9.88 Å². The van der Waals surface area contributed by atoms with Crippen molar-refractivity contribution in [3.05, 3.63) is 72.1 Å². The summed E-state index contributed by atoms with van der Waals surface area (Å²) < 4.78 is 16.8. The molecule has 2 amide bonds. The lowest BCUT2D eigenvalue weighted by atomic mass is 10.0. The molecule has 0 aliphatic carbocycles. The van der Waals surface area contributed by atoms with Gasteiger partial charge in [-0.05, 0) is 60.7 Å². The van der Waals surface area contributed by atoms with Gasteiger partial charge in [-0.15, -0.1) is 0 Å². The molecule has 2 heterocycles. The zero-order valence-electron chi connectivity index (χ0n) is 19.5. The van der Waals surface area contributed by atoms with Crippen LogP contribution >= 0.6 is 0 Å². The molecule has 1 aliphatic heterocycles. The number of nitrogens with one attached hydrogen (secondary N) is 1. The summed E-state index contributed by atoms with van der Waals surface area (Å²) in [6.07, 6.45) is 1.68. The SMILES string of the molecule is COc1ccc(NC(=O)N2CCC[C@H]2c2nc3cc(-c4ccccc4C)ccc3o2)c(OC)c1. The lowest BCUT2D eigenvalue weighted by Crippen LogP contribution is -2.34. The van der Waals surface area contributed by atoms with Crippen molar-refractivity contribution in [2.75, 3.05) is 26.1 Å². The van der Waals surface area contributed by atoms with Crippen LogP contribution in [0.4, 0.5) is 10.5 Å². The van der Waals surface area contributed by atoms with Gasteiger partial charge in [0.1, 0.15) is 23.1 Å². The maximum absolute atomic E-state index is 13.2. The largest absolute Gasteiger partial charge is 0.497 e. The van der Waals surface area contributed by atoms with Crippen molar-refractivity contribution in [3.8, 4) is 22.6 Å². The van der Waals surface area contributed by atoms with Crippen molar-refractivity contribution in [2.45, 2.75) is 25.8 Å². The van der Waals surface area contributed by atoms with Crippen molar-refractivity contribution < 1.29 is 18.7 Å². The van der Waals surface area contributed by atoms with Gasteiger partial charge < -0.3 is 24.1 Å². The van der Waals surface area contributed by atoms with Gasteiger partial charge in [-0.1, -0.05) is 30.3 Å². The summed E-state index contributed by atoms with van der Waals surface area (Å²) in [5, 5.41) is 2.96. The van der Waals surface area contributed by atoms with Crippen LogP contribution in [-0.2, 0) is 0 Å². The Balaban J connectivity index is 1.39. The number of aryl methyl sites for hydroxylation is 1. The third kappa shape index (κ3) is 4.05. The van der Waals surface area contributed by atoms with Gasteiger partial charge in [-0.25, -0.2) is 9.78 Å². The predicted molar refractivity (Wildman–Crippen MR) is 131 cm³/mol. The number of methoxy groups -OCH3 is 2. The summed E-state index contributed by atoms with van der Waals surface area (Å²) in [5.41, 5.74) is 5.57. The molecular formula is C27H27N3O4. The van der Waals surface area contributed by atoms with Gasteiger partial charge >= 0.3 is 6.03 Å². The Morgan fingerprint density at radius 3 is 2.74 bits per heavy atom. The number of nitrogens with zero attached hydrogens (tertiary/aromatic N) is 2. The van der Waals surface area contributed by atoms with E-state index >= 15 is 0 Å². The van der Waals surface area contributed by atoms with E-state index < -0.39 is 0 Å². The van der Waals surface area contributed by atoms with Gasteiger partial charge in [0.05, 0.1) is 19.9 Å². The number of anilines is 1. The average Bonchev–Trinajstić information content (AvgIpc) is 3.51. The van der Waals surface area contributed by atoms with Crippen LogP contribution in [0.2, 0.25) is 0 Å². The van der Waals surface area contributed by atoms with Crippen molar-refractivity contribution in [3.63, 3.8) is 0 Å². The molecule has 0 spiro atoms. The average molecular weight is 458 g/mol. The first-order valence-electron chi connectivity index (χ1n) is 11.3. The molecule has 7 heteroatoms. The molecule has 1 N–H and O–H groups in total. The zero-order chi connectivity index (χ0) is 23.7. The highest BCUT2D eigenvalue weighted by Crippen LogP contribution is 2.36. The molecule has 3 aromatic carbocycles. The number of aromatic nitrogens is 1. The Labute approximate surface area is 198 Å². The normalized spacial score (nSPS) is 15.5. The smallest absolute Gasteiger partial charge is 0.322 e. The highest BCUT2D eigenvalue weighted by atomic mass is 16.5. The molecule has 0 bridgehead atoms. The van der Waals surface area contributed by atoms with Crippen LogP contribution in [0, 0.1) is 6.92 Å². The minimum absolute atomic E-state index is 0.214. The number of hydrogen-bond acceptors (Lipinski definition) is 5. The number of amides is 2. The fraction of sp³-hybridized carbons (Fsp3) is 0.259. The molecule has 1 aliphatic rings. The number of urea groups is 1. The van der Waals surface area contributed by atoms with E-state index in [-0.39, 0.29) is 12.1 Å². The maximum Gasteiger partial charge on any atom is 0.322 e. The van der Waals surface area contributed by atoms with Crippen LogP contribution in [-0.4, -0.2) is 36.7 Å². The topological polar surface area (TPSA) is 76.8 Å². The molecule has 5 rings (SSSR count). The fourth-order valence-corrected chi connectivity index (χ4v) is 4.51. The predicted octanol–water partition coefficient (Wildman–Crippen LogP) is 6.19. The van der Waals surface area contributed by atoms with E-state index in [0.717, 1.165) is 29.5 Å². The van der Waals surface area contributed by atoms with Crippen molar-refractivity contribution in [1.29, 1.82) is 0 Å². The van der Waals surface area contributed by atoms with E-state index in [1.807, 2.05) is 24.3 Å². The van der Waals surface area contributed by atoms with Gasteiger partial charge in [-0.2, -0.15) is 0 Å². The first kappa shape index (κ1) is 21.8. The first-order chi connectivity index (χ1) is 16.6. The summed E-state index contributed by atoms with van der Waals surface area (Å²) in [5.74, 6) is 1.76. The zero-order valence-corrected chi connectivity index (χ0v) is 19.5. The van der Waals surface area contributed by atoms with E-state index in [9.17, 15) is 4.79 Å². The van der Waals surface area contributed by atoms with Crippen LogP contribution in [0.15, 0.2) is 65.1 Å². The molecule has 0 unspecified atom stereocenters. The van der Waals surface area contributed by atoms with Crippen molar-refractivity contribution in [2.24, 2.45) is 0 Å². The van der Waals surface area contributed by atoms with Gasteiger partial charge in [-0.3, -0.25) is 0 Å². The summed E-state index contributed by atoms with van der Waals surface area (Å²) in [4.78, 5) is 19.7. The highest BCUT2D eigenvalue weighted by molar-refractivity contribution is 5.91. The first-order valence-corrected chi connectivity index (χ1v) is 11.3. The third-order valence-corrected chi connectivity index (χ3v) is 6.31. The second kappa shape index (κ2) is 9.09. The van der Waals surface area contributed by atoms with Gasteiger partial charge in [0.2, 0.25) is 5.89 Å². The number of hydrogen-bond donors (Lipinski definition) is 1. The third-order valence-electron chi connectivity index (χ3n) is 6.31. The van der Waals surface area contributed by atoms with E-state index in [1.165, 1.54) is 11.1 Å². The number of ether oxygens (including phenoxy) is 2. The quantitative estimate of drug-likeness (QED) is 0.387. The molecule has 174 valence electrons. The summed E-state index contributed by atoms with van der Waals surface area (Å²) in [7, 11) is 3.15. The molecule has 0 radical (unpaired) electrons. The molecule has 1 aromatic heterocycles. The lowest BCUT2D eigenvalue weighted by molar-refractivity contribution is 0.198. The van der Waals surface area contributed by atoms with E-state index in [2.05, 4.69) is 30.4 Å². The lowest BCUT2D eigenvalue weighted by Gasteiger charge is -2.23. The molecule has 1 fully saturated rings. The number of carbonyl (C=O) groups is 1. The Morgan fingerprint density at radius 2 is 1.94 bits per heavy atom. The number of benzene rings is 3. The number of fused-ring (bicyclic) bond motifs is 1. The number of likely N-dealkylation sites (tertiary alicyclic amines) is 1. The Morgan fingerprint density at radius 1 is 1.09 bits per heavy atom. The van der Waals surface area contributed by atoms with Gasteiger partial charge in [0.15, 0.2) is 5.58 Å². The number of rotatable bonds is 5. The van der Waals surface area contributed by atoms with Crippen LogP contribution in [0.3, 0.4) is 0 Å². The molecule has 1 saturated heterocycles. The van der Waals surface area contributed by atoms with Crippen LogP contribution in [0.25, 0.3) is 22.2 Å². The minimum atomic E-state index is -0.224. The van der Waals surface area contributed by atoms with E-state index in [0.29, 0.717) is 29.6 Å². The number of oxazole rings is 1. The molecule has 4 aromatic rings. The van der Waals surface area contributed by atoms with Crippen molar-refractivity contribution >= 4 is 22.8 Å². The highest BCUT2D eigenvalue weighted by Gasteiger charge is 2.34. The molecule has 7 nitrogen and oxygen atoms in total. The Hall–Kier alpha value is -4.00. The standard InChI is InChI=1S/C27H27N3O4/c1-17-7-4-5-8-20(17)18-10-13-24-22(15-18)28-26(34-24)23-9-6-14-30(23)27(31)29-21-12-11-19(32-2)16-25(21)33-3/h4-5,7-8,10-13,15-16,23H,6,9,14H2,1-3H3,(H,29,31)/t23-/m0/s1. The molecule has 0 saturated carbocycles. The van der Waals surface area contributed by atoms with Crippen LogP contribution < -0.4 is 14.8 Å². The molecule has 1 atom stereocenters. The van der Waals surface area contributed by atoms with Crippen LogP contribution in [0.1, 0.15) is 30.3 Å². The van der Waals surface area contributed by atoms with Gasteiger partial charge in [0.25, 0.3) is 0 Å². The monoisotopic (exact) mass is 457 g/mol.